The summed E-state index contributed by atoms with van der Waals surface area (Å²) in [5, 5.41) is 23.9. The number of aryl methyl sites for hydroxylation is 1. The van der Waals surface area contributed by atoms with Crippen LogP contribution in [0.3, 0.4) is 0 Å². The van der Waals surface area contributed by atoms with Gasteiger partial charge in [0.05, 0.1) is 12.7 Å². The zero-order valence-electron chi connectivity index (χ0n) is 17.2. The van der Waals surface area contributed by atoms with Crippen molar-refractivity contribution in [2.45, 2.75) is 25.9 Å². The number of guanidine groups is 1. The number of aliphatic imine (C=N–C) groups is 1. The molecule has 3 aromatic rings. The number of nitrogens with one attached hydrogen (secondary N) is 2. The summed E-state index contributed by atoms with van der Waals surface area (Å²) < 4.78 is 1.68. The van der Waals surface area contributed by atoms with E-state index in [1.54, 1.807) is 17.8 Å². The molecule has 0 fully saturated rings. The molecule has 3 N–H and O–H groups in total. The molecule has 1 aromatic heterocycles. The van der Waals surface area contributed by atoms with E-state index in [0.29, 0.717) is 5.96 Å². The van der Waals surface area contributed by atoms with E-state index in [-0.39, 0.29) is 30.5 Å². The molecule has 6 nitrogen and oxygen atoms in total. The third kappa shape index (κ3) is 6.43. The average Bonchev–Trinajstić information content (AvgIpc) is 3.13. The van der Waals surface area contributed by atoms with Crippen molar-refractivity contribution in [2.75, 3.05) is 19.6 Å². The van der Waals surface area contributed by atoms with Crippen molar-refractivity contribution < 1.29 is 5.11 Å². The third-order valence-corrected chi connectivity index (χ3v) is 4.74. The Kier molecular flexibility index (Phi) is 8.45. The average molecular weight is 507 g/mol. The fourth-order valence-electron chi connectivity index (χ4n) is 3.08. The number of fused-ring (bicyclic) bond motifs is 1. The van der Waals surface area contributed by atoms with Gasteiger partial charge in [0, 0.05) is 31.9 Å². The van der Waals surface area contributed by atoms with E-state index in [2.05, 4.69) is 63.2 Å². The van der Waals surface area contributed by atoms with Gasteiger partial charge in [-0.3, -0.25) is 4.68 Å². The summed E-state index contributed by atoms with van der Waals surface area (Å²) >= 11 is 0. The van der Waals surface area contributed by atoms with Gasteiger partial charge in [-0.25, -0.2) is 4.99 Å². The van der Waals surface area contributed by atoms with Crippen LogP contribution in [-0.2, 0) is 19.1 Å². The van der Waals surface area contributed by atoms with Crippen LogP contribution < -0.4 is 10.6 Å². The van der Waals surface area contributed by atoms with E-state index in [1.165, 1.54) is 16.3 Å². The highest BCUT2D eigenvalue weighted by molar-refractivity contribution is 14.0. The summed E-state index contributed by atoms with van der Waals surface area (Å²) in [6, 6.07) is 14.9. The normalized spacial score (nSPS) is 13.6. The summed E-state index contributed by atoms with van der Waals surface area (Å²) in [7, 11) is 1.83. The Balaban J connectivity index is 0.00000300. The van der Waals surface area contributed by atoms with Crippen molar-refractivity contribution in [3.63, 3.8) is 0 Å². The lowest BCUT2D eigenvalue weighted by atomic mass is 10.0. The highest BCUT2D eigenvalue weighted by Crippen LogP contribution is 2.20. The summed E-state index contributed by atoms with van der Waals surface area (Å²) in [4.78, 5) is 4.56. The lowest BCUT2D eigenvalue weighted by Gasteiger charge is -2.20. The maximum atomic E-state index is 10.7. The van der Waals surface area contributed by atoms with Gasteiger partial charge in [-0.1, -0.05) is 42.5 Å². The zero-order valence-corrected chi connectivity index (χ0v) is 19.6. The van der Waals surface area contributed by atoms with Crippen LogP contribution >= 0.6 is 24.0 Å². The fourth-order valence-corrected chi connectivity index (χ4v) is 3.08. The number of rotatable bonds is 7. The Morgan fingerprint density at radius 1 is 1.17 bits per heavy atom. The molecule has 0 aliphatic rings. The van der Waals surface area contributed by atoms with Gasteiger partial charge in [-0.15, -0.1) is 24.0 Å². The summed E-state index contributed by atoms with van der Waals surface area (Å²) in [5.74, 6) is 0.701. The van der Waals surface area contributed by atoms with E-state index in [4.69, 9.17) is 0 Å². The molecule has 1 atom stereocenters. The van der Waals surface area contributed by atoms with Gasteiger partial charge in [0.1, 0.15) is 5.60 Å². The third-order valence-electron chi connectivity index (χ3n) is 4.74. The molecule has 0 radical (unpaired) electrons. The van der Waals surface area contributed by atoms with Gasteiger partial charge in [0.25, 0.3) is 0 Å². The maximum Gasteiger partial charge on any atom is 0.191 e. The van der Waals surface area contributed by atoms with Crippen molar-refractivity contribution in [2.24, 2.45) is 12.0 Å². The first-order chi connectivity index (χ1) is 13.5. The van der Waals surface area contributed by atoms with Crippen molar-refractivity contribution in [1.29, 1.82) is 0 Å². The Hall–Kier alpha value is -2.13. The number of aliphatic hydroxyl groups is 1. The highest BCUT2D eigenvalue weighted by atomic mass is 127. The second-order valence-electron chi connectivity index (χ2n) is 7.23. The molecule has 0 aliphatic heterocycles. The van der Waals surface area contributed by atoms with E-state index in [0.717, 1.165) is 25.1 Å². The SMILES string of the molecule is CCNC(=NCC(C)(O)c1cnn(C)c1)NCCc1ccc2ccccc2c1.I. The largest absolute Gasteiger partial charge is 0.383 e. The maximum absolute atomic E-state index is 10.7. The minimum absolute atomic E-state index is 0. The molecule has 0 saturated carbocycles. The van der Waals surface area contributed by atoms with E-state index < -0.39 is 5.60 Å². The van der Waals surface area contributed by atoms with Gasteiger partial charge >= 0.3 is 0 Å². The number of aromatic nitrogens is 2. The van der Waals surface area contributed by atoms with Crippen LogP contribution in [0.4, 0.5) is 0 Å². The van der Waals surface area contributed by atoms with Gasteiger partial charge in [-0.2, -0.15) is 5.10 Å². The molecule has 0 aliphatic carbocycles. The molecule has 0 saturated heterocycles. The molecular formula is C22H30IN5O. The van der Waals surface area contributed by atoms with Crippen LogP contribution in [0.1, 0.15) is 25.0 Å². The van der Waals surface area contributed by atoms with Gasteiger partial charge < -0.3 is 15.7 Å². The summed E-state index contributed by atoms with van der Waals surface area (Å²) in [5.41, 5.74) is 0.977. The number of hydrogen-bond acceptors (Lipinski definition) is 3. The first kappa shape index (κ1) is 23.2. The number of hydrogen-bond donors (Lipinski definition) is 3. The predicted octanol–water partition coefficient (Wildman–Crippen LogP) is 3.20. The molecule has 7 heteroatoms. The highest BCUT2D eigenvalue weighted by Gasteiger charge is 2.24. The standard InChI is InChI=1S/C22H29N5O.HI/c1-4-23-21(25-16-22(2,28)20-14-26-27(3)15-20)24-12-11-17-9-10-18-7-5-6-8-19(18)13-17;/h5-10,13-15,28H,4,11-12,16H2,1-3H3,(H2,23,24,25);1H. The van der Waals surface area contributed by atoms with Crippen molar-refractivity contribution in [3.05, 3.63) is 66.0 Å². The van der Waals surface area contributed by atoms with E-state index >= 15 is 0 Å². The molecule has 2 aromatic carbocycles. The quantitative estimate of drug-likeness (QED) is 0.261. The van der Waals surface area contributed by atoms with Crippen LogP contribution in [0.2, 0.25) is 0 Å². The molecule has 29 heavy (non-hydrogen) atoms. The Morgan fingerprint density at radius 2 is 1.93 bits per heavy atom. The summed E-state index contributed by atoms with van der Waals surface area (Å²) in [6.45, 7) is 5.56. The van der Waals surface area contributed by atoms with Crippen molar-refractivity contribution in [1.82, 2.24) is 20.4 Å². The number of benzene rings is 2. The molecule has 0 bridgehead atoms. The van der Waals surface area contributed by atoms with Gasteiger partial charge in [0.15, 0.2) is 5.96 Å². The van der Waals surface area contributed by atoms with E-state index in [9.17, 15) is 5.11 Å². The van der Waals surface area contributed by atoms with Crippen LogP contribution in [0.5, 0.6) is 0 Å². The topological polar surface area (TPSA) is 74.5 Å². The molecule has 0 spiro atoms. The molecule has 156 valence electrons. The molecular weight excluding hydrogens is 477 g/mol. The zero-order chi connectivity index (χ0) is 20.0. The van der Waals surface area contributed by atoms with Gasteiger partial charge in [0.2, 0.25) is 0 Å². The first-order valence-electron chi connectivity index (χ1n) is 9.69. The fraction of sp³-hybridized carbons (Fsp3) is 0.364. The Morgan fingerprint density at radius 3 is 2.62 bits per heavy atom. The number of halogens is 1. The second kappa shape index (κ2) is 10.6. The van der Waals surface area contributed by atoms with Gasteiger partial charge in [-0.05, 0) is 36.6 Å². The van der Waals surface area contributed by atoms with Crippen LogP contribution in [0.25, 0.3) is 10.8 Å². The molecule has 3 rings (SSSR count). The van der Waals surface area contributed by atoms with Crippen LogP contribution in [0, 0.1) is 0 Å². The predicted molar refractivity (Wildman–Crippen MR) is 130 cm³/mol. The lowest BCUT2D eigenvalue weighted by Crippen LogP contribution is -2.39. The summed E-state index contributed by atoms with van der Waals surface area (Å²) in [6.07, 6.45) is 4.39. The van der Waals surface area contributed by atoms with Crippen LogP contribution in [-0.4, -0.2) is 40.5 Å². The Bertz CT molecular complexity index is 951. The van der Waals surface area contributed by atoms with E-state index in [1.807, 2.05) is 20.2 Å². The second-order valence-corrected chi connectivity index (χ2v) is 7.23. The monoisotopic (exact) mass is 507 g/mol. The first-order valence-corrected chi connectivity index (χ1v) is 9.69. The molecule has 1 heterocycles. The molecule has 1 unspecified atom stereocenters. The smallest absolute Gasteiger partial charge is 0.191 e. The lowest BCUT2D eigenvalue weighted by molar-refractivity contribution is 0.0672. The van der Waals surface area contributed by atoms with Crippen molar-refractivity contribution >= 4 is 40.7 Å². The minimum atomic E-state index is -1.06. The molecule has 0 amide bonds. The Labute approximate surface area is 189 Å². The van der Waals surface area contributed by atoms with Crippen molar-refractivity contribution in [3.8, 4) is 0 Å². The minimum Gasteiger partial charge on any atom is -0.383 e. The number of nitrogens with zero attached hydrogens (tertiary/aromatic N) is 3. The van der Waals surface area contributed by atoms with Crippen LogP contribution in [0.15, 0.2) is 59.9 Å².